The summed E-state index contributed by atoms with van der Waals surface area (Å²) in [6.07, 6.45) is 0. The lowest BCUT2D eigenvalue weighted by atomic mass is 10.2. The lowest BCUT2D eigenvalue weighted by Gasteiger charge is -2.08. The van der Waals surface area contributed by atoms with E-state index in [0.717, 1.165) is 22.4 Å². The molecule has 1 N–H and O–H groups in total. The Morgan fingerprint density at radius 3 is 2.50 bits per heavy atom. The Bertz CT molecular complexity index is 961. The second-order valence-electron chi connectivity index (χ2n) is 6.23. The smallest absolute Gasteiger partial charge is 0.236 e. The van der Waals surface area contributed by atoms with Gasteiger partial charge in [-0.15, -0.1) is 0 Å². The summed E-state index contributed by atoms with van der Waals surface area (Å²) in [4.78, 5) is 4.61. The van der Waals surface area contributed by atoms with Crippen molar-refractivity contribution in [2.75, 3.05) is 4.72 Å². The standard InChI is InChI=1S/C18H21N3O2S/c1-13(2)18-19-16-11-15(9-10-17(16)21(18)3)20-24(22,23)12-14-7-5-4-6-8-14/h4-11,13,20H,12H2,1-3H3. The highest BCUT2D eigenvalue weighted by atomic mass is 32.2. The summed E-state index contributed by atoms with van der Waals surface area (Å²) in [6.45, 7) is 4.18. The number of imidazole rings is 1. The lowest BCUT2D eigenvalue weighted by Crippen LogP contribution is -2.15. The van der Waals surface area contributed by atoms with E-state index in [9.17, 15) is 8.42 Å². The van der Waals surface area contributed by atoms with Crippen molar-refractivity contribution in [3.8, 4) is 0 Å². The molecule has 126 valence electrons. The fourth-order valence-corrected chi connectivity index (χ4v) is 4.00. The van der Waals surface area contributed by atoms with Crippen LogP contribution in [-0.4, -0.2) is 18.0 Å². The minimum Gasteiger partial charge on any atom is -0.331 e. The molecule has 2 aromatic carbocycles. The average molecular weight is 343 g/mol. The number of hydrogen-bond acceptors (Lipinski definition) is 3. The Balaban J connectivity index is 1.87. The third kappa shape index (κ3) is 3.43. The quantitative estimate of drug-likeness (QED) is 0.769. The monoisotopic (exact) mass is 343 g/mol. The van der Waals surface area contributed by atoms with Crippen LogP contribution >= 0.6 is 0 Å². The van der Waals surface area contributed by atoms with Gasteiger partial charge in [-0.1, -0.05) is 44.2 Å². The number of anilines is 1. The van der Waals surface area contributed by atoms with Gasteiger partial charge in [0, 0.05) is 13.0 Å². The number of fused-ring (bicyclic) bond motifs is 1. The van der Waals surface area contributed by atoms with Crippen LogP contribution < -0.4 is 4.72 Å². The molecule has 0 amide bonds. The van der Waals surface area contributed by atoms with Crippen LogP contribution in [0.25, 0.3) is 11.0 Å². The summed E-state index contributed by atoms with van der Waals surface area (Å²) >= 11 is 0. The van der Waals surface area contributed by atoms with E-state index in [1.807, 2.05) is 35.9 Å². The Morgan fingerprint density at radius 2 is 1.83 bits per heavy atom. The first-order valence-corrected chi connectivity index (χ1v) is 9.52. The largest absolute Gasteiger partial charge is 0.331 e. The zero-order chi connectivity index (χ0) is 17.3. The van der Waals surface area contributed by atoms with E-state index < -0.39 is 10.0 Å². The van der Waals surface area contributed by atoms with Crippen molar-refractivity contribution in [3.63, 3.8) is 0 Å². The van der Waals surface area contributed by atoms with Gasteiger partial charge >= 0.3 is 0 Å². The number of hydrogen-bond donors (Lipinski definition) is 1. The predicted molar refractivity (Wildman–Crippen MR) is 97.5 cm³/mol. The van der Waals surface area contributed by atoms with Gasteiger partial charge in [0.1, 0.15) is 5.82 Å². The molecule has 0 saturated heterocycles. The van der Waals surface area contributed by atoms with Gasteiger partial charge in [-0.2, -0.15) is 0 Å². The molecule has 0 fully saturated rings. The normalized spacial score (nSPS) is 12.0. The molecule has 24 heavy (non-hydrogen) atoms. The van der Waals surface area contributed by atoms with Crippen LogP contribution in [0.5, 0.6) is 0 Å². The summed E-state index contributed by atoms with van der Waals surface area (Å²) in [5, 5.41) is 0. The number of aromatic nitrogens is 2. The summed E-state index contributed by atoms with van der Waals surface area (Å²) in [5.74, 6) is 1.24. The maximum absolute atomic E-state index is 12.3. The molecule has 0 aliphatic carbocycles. The zero-order valence-corrected chi connectivity index (χ0v) is 14.8. The van der Waals surface area contributed by atoms with Gasteiger partial charge in [0.15, 0.2) is 0 Å². The molecule has 0 saturated carbocycles. The fraction of sp³-hybridized carbons (Fsp3) is 0.278. The maximum atomic E-state index is 12.3. The van der Waals surface area contributed by atoms with Gasteiger partial charge in [0.25, 0.3) is 0 Å². The minimum atomic E-state index is -3.46. The van der Waals surface area contributed by atoms with Gasteiger partial charge < -0.3 is 4.57 Å². The topological polar surface area (TPSA) is 64.0 Å². The fourth-order valence-electron chi connectivity index (χ4n) is 2.81. The van der Waals surface area contributed by atoms with Crippen molar-refractivity contribution in [1.82, 2.24) is 9.55 Å². The molecule has 3 rings (SSSR count). The molecule has 0 aliphatic heterocycles. The minimum absolute atomic E-state index is 0.0503. The molecule has 1 heterocycles. The van der Waals surface area contributed by atoms with Gasteiger partial charge in [0.05, 0.1) is 22.5 Å². The van der Waals surface area contributed by atoms with Gasteiger partial charge in [-0.3, -0.25) is 4.72 Å². The number of sulfonamides is 1. The molecular weight excluding hydrogens is 322 g/mol. The van der Waals surface area contributed by atoms with Crippen LogP contribution in [0.4, 0.5) is 5.69 Å². The first-order chi connectivity index (χ1) is 11.4. The zero-order valence-electron chi connectivity index (χ0n) is 14.0. The van der Waals surface area contributed by atoms with Gasteiger partial charge in [-0.05, 0) is 23.8 Å². The van der Waals surface area contributed by atoms with Crippen LogP contribution in [0.3, 0.4) is 0 Å². The number of nitrogens with one attached hydrogen (secondary N) is 1. The van der Waals surface area contributed by atoms with Crippen molar-refractivity contribution < 1.29 is 8.42 Å². The molecule has 0 bridgehead atoms. The summed E-state index contributed by atoms with van der Waals surface area (Å²) in [5.41, 5.74) is 3.07. The second kappa shape index (κ2) is 6.28. The predicted octanol–water partition coefficient (Wildman–Crippen LogP) is 3.64. The number of nitrogens with zero attached hydrogens (tertiary/aromatic N) is 2. The SMILES string of the molecule is CC(C)c1nc2cc(NS(=O)(=O)Cc3ccccc3)ccc2n1C. The van der Waals surface area contributed by atoms with E-state index in [-0.39, 0.29) is 5.75 Å². The highest BCUT2D eigenvalue weighted by Crippen LogP contribution is 2.24. The molecule has 0 aliphatic rings. The molecule has 3 aromatic rings. The van der Waals surface area contributed by atoms with E-state index in [1.54, 1.807) is 24.3 Å². The molecule has 6 heteroatoms. The second-order valence-corrected chi connectivity index (χ2v) is 7.96. The van der Waals surface area contributed by atoms with Crippen LogP contribution in [0, 0.1) is 0 Å². The Morgan fingerprint density at radius 1 is 1.12 bits per heavy atom. The average Bonchev–Trinajstić information content (AvgIpc) is 2.84. The number of aryl methyl sites for hydroxylation is 1. The summed E-state index contributed by atoms with van der Waals surface area (Å²) in [7, 11) is -1.48. The van der Waals surface area contributed by atoms with E-state index in [1.165, 1.54) is 0 Å². The number of rotatable bonds is 5. The van der Waals surface area contributed by atoms with Crippen molar-refractivity contribution >= 4 is 26.7 Å². The van der Waals surface area contributed by atoms with Crippen LogP contribution in [0.15, 0.2) is 48.5 Å². The summed E-state index contributed by atoms with van der Waals surface area (Å²) < 4.78 is 29.4. The summed E-state index contributed by atoms with van der Waals surface area (Å²) in [6, 6.07) is 14.6. The van der Waals surface area contributed by atoms with E-state index in [4.69, 9.17) is 0 Å². The highest BCUT2D eigenvalue weighted by molar-refractivity contribution is 7.91. The van der Waals surface area contributed by atoms with Crippen LogP contribution in [-0.2, 0) is 22.8 Å². The Kier molecular flexibility index (Phi) is 4.32. The van der Waals surface area contributed by atoms with Crippen molar-refractivity contribution in [3.05, 3.63) is 59.9 Å². The lowest BCUT2D eigenvalue weighted by molar-refractivity contribution is 0.600. The molecule has 5 nitrogen and oxygen atoms in total. The van der Waals surface area contributed by atoms with Crippen molar-refractivity contribution in [2.45, 2.75) is 25.5 Å². The Labute approximate surface area is 142 Å². The van der Waals surface area contributed by atoms with E-state index >= 15 is 0 Å². The van der Waals surface area contributed by atoms with E-state index in [0.29, 0.717) is 11.6 Å². The molecule has 0 spiro atoms. The first kappa shape index (κ1) is 16.5. The van der Waals surface area contributed by atoms with Crippen LogP contribution in [0.2, 0.25) is 0 Å². The van der Waals surface area contributed by atoms with Crippen molar-refractivity contribution in [2.24, 2.45) is 7.05 Å². The number of benzene rings is 2. The Hall–Kier alpha value is -2.34. The molecule has 1 aromatic heterocycles. The first-order valence-electron chi connectivity index (χ1n) is 7.86. The molecule has 0 unspecified atom stereocenters. The molecular formula is C18H21N3O2S. The third-order valence-electron chi connectivity index (χ3n) is 3.90. The van der Waals surface area contributed by atoms with Crippen molar-refractivity contribution in [1.29, 1.82) is 0 Å². The molecule has 0 atom stereocenters. The maximum Gasteiger partial charge on any atom is 0.236 e. The van der Waals surface area contributed by atoms with Gasteiger partial charge in [0.2, 0.25) is 10.0 Å². The highest BCUT2D eigenvalue weighted by Gasteiger charge is 2.14. The van der Waals surface area contributed by atoms with Gasteiger partial charge in [-0.25, -0.2) is 13.4 Å². The molecule has 0 radical (unpaired) electrons. The third-order valence-corrected chi connectivity index (χ3v) is 5.16. The van der Waals surface area contributed by atoms with E-state index in [2.05, 4.69) is 23.6 Å². The van der Waals surface area contributed by atoms with Crippen LogP contribution in [0.1, 0.15) is 31.2 Å².